The molecule has 0 radical (unpaired) electrons. The highest BCUT2D eigenvalue weighted by atomic mass is 16.5. The number of nitrogens with one attached hydrogen (secondary N) is 1. The minimum Gasteiger partial charge on any atom is -0.489 e. The van der Waals surface area contributed by atoms with Gasteiger partial charge >= 0.3 is 0 Å². The molecule has 3 aliphatic rings. The van der Waals surface area contributed by atoms with Crippen molar-refractivity contribution in [1.82, 2.24) is 10.3 Å². The fourth-order valence-electron chi connectivity index (χ4n) is 4.26. The van der Waals surface area contributed by atoms with Crippen LogP contribution in [-0.4, -0.2) is 37.4 Å². The summed E-state index contributed by atoms with van der Waals surface area (Å²) in [6.45, 7) is 3.29. The van der Waals surface area contributed by atoms with Crippen LogP contribution in [-0.2, 0) is 11.2 Å². The fourth-order valence-corrected chi connectivity index (χ4v) is 4.26. The summed E-state index contributed by atoms with van der Waals surface area (Å²) < 4.78 is 11.5. The Kier molecular flexibility index (Phi) is 4.89. The lowest BCUT2D eigenvalue weighted by Gasteiger charge is -2.24. The van der Waals surface area contributed by atoms with Crippen LogP contribution in [0.1, 0.15) is 29.7 Å². The molecular weight excluding hydrogens is 362 g/mol. The van der Waals surface area contributed by atoms with Crippen LogP contribution in [0.15, 0.2) is 47.7 Å². The molecule has 5 heteroatoms. The zero-order valence-corrected chi connectivity index (χ0v) is 16.3. The van der Waals surface area contributed by atoms with Crippen molar-refractivity contribution in [2.45, 2.75) is 25.4 Å². The van der Waals surface area contributed by atoms with Gasteiger partial charge in [0.1, 0.15) is 17.9 Å². The maximum Gasteiger partial charge on any atom is 0.137 e. The zero-order chi connectivity index (χ0) is 19.6. The molecule has 0 unspecified atom stereocenters. The number of hydrogen-bond acceptors (Lipinski definition) is 5. The van der Waals surface area contributed by atoms with Gasteiger partial charge in [-0.3, -0.25) is 4.98 Å². The van der Waals surface area contributed by atoms with Gasteiger partial charge in [0.2, 0.25) is 0 Å². The Labute approximate surface area is 170 Å². The molecule has 0 amide bonds. The smallest absolute Gasteiger partial charge is 0.137 e. The van der Waals surface area contributed by atoms with Crippen LogP contribution in [0.4, 0.5) is 0 Å². The third-order valence-electron chi connectivity index (χ3n) is 5.84. The predicted molar refractivity (Wildman–Crippen MR) is 111 cm³/mol. The lowest BCUT2D eigenvalue weighted by molar-refractivity contribution is 0.0254. The minimum absolute atomic E-state index is 0.116. The quantitative estimate of drug-likeness (QED) is 0.870. The van der Waals surface area contributed by atoms with Crippen LogP contribution >= 0.6 is 0 Å². The number of ether oxygens (including phenoxy) is 2. The zero-order valence-electron chi connectivity index (χ0n) is 16.3. The van der Waals surface area contributed by atoms with Gasteiger partial charge in [0.05, 0.1) is 24.5 Å². The van der Waals surface area contributed by atoms with E-state index in [1.54, 1.807) is 0 Å². The molecule has 5 rings (SSSR count). The maximum atomic E-state index is 9.70. The van der Waals surface area contributed by atoms with E-state index in [-0.39, 0.29) is 6.10 Å². The molecule has 1 aromatic heterocycles. The number of benzene rings is 1. The number of nitrogens with zero attached hydrogens (tertiary/aromatic N) is 2. The first-order chi connectivity index (χ1) is 14.3. The Morgan fingerprint density at radius 2 is 2.07 bits per heavy atom. The molecular formula is C24H23N3O2. The number of nitriles is 1. The summed E-state index contributed by atoms with van der Waals surface area (Å²) in [5.41, 5.74) is 7.69. The van der Waals surface area contributed by atoms with Crippen molar-refractivity contribution in [3.63, 3.8) is 0 Å². The molecule has 1 fully saturated rings. The number of pyridine rings is 1. The second kappa shape index (κ2) is 7.82. The Morgan fingerprint density at radius 1 is 1.17 bits per heavy atom. The van der Waals surface area contributed by atoms with Gasteiger partial charge < -0.3 is 14.8 Å². The number of rotatable bonds is 4. The standard InChI is InChI=1S/C24H23N3O2/c25-14-19-11-16(1-2-24(19)29-20-5-9-28-10-6-20)21-4-8-27-23-13-18(12-22(21)23)17-3-7-26-15-17/h1-4,8,11-12,20,26H,5-7,9-10,13,15H2. The van der Waals surface area contributed by atoms with Crippen molar-refractivity contribution in [2.75, 3.05) is 26.3 Å². The molecule has 146 valence electrons. The molecule has 0 spiro atoms. The van der Waals surface area contributed by atoms with E-state index in [2.05, 4.69) is 28.5 Å². The largest absolute Gasteiger partial charge is 0.489 e. The van der Waals surface area contributed by atoms with Crippen LogP contribution in [0, 0.1) is 11.3 Å². The van der Waals surface area contributed by atoms with E-state index >= 15 is 0 Å². The molecule has 1 saturated heterocycles. The lowest BCUT2D eigenvalue weighted by atomic mass is 9.98. The summed E-state index contributed by atoms with van der Waals surface area (Å²) in [4.78, 5) is 4.60. The van der Waals surface area contributed by atoms with Gasteiger partial charge in [-0.15, -0.1) is 0 Å². The van der Waals surface area contributed by atoms with E-state index in [0.29, 0.717) is 24.5 Å². The average molecular weight is 385 g/mol. The Morgan fingerprint density at radius 3 is 2.86 bits per heavy atom. The maximum absolute atomic E-state index is 9.70. The van der Waals surface area contributed by atoms with E-state index < -0.39 is 0 Å². The van der Waals surface area contributed by atoms with Crippen molar-refractivity contribution < 1.29 is 9.47 Å². The Bertz CT molecular complexity index is 1040. The van der Waals surface area contributed by atoms with E-state index in [0.717, 1.165) is 54.7 Å². The van der Waals surface area contributed by atoms with Gasteiger partial charge in [-0.05, 0) is 46.5 Å². The molecule has 2 aromatic rings. The third-order valence-corrected chi connectivity index (χ3v) is 5.84. The molecule has 0 atom stereocenters. The first kappa shape index (κ1) is 18.1. The van der Waals surface area contributed by atoms with Crippen molar-refractivity contribution in [3.8, 4) is 22.9 Å². The predicted octanol–water partition coefficient (Wildman–Crippen LogP) is 3.65. The monoisotopic (exact) mass is 385 g/mol. The summed E-state index contributed by atoms with van der Waals surface area (Å²) in [5, 5.41) is 13.1. The molecule has 2 aliphatic heterocycles. The van der Waals surface area contributed by atoms with Gasteiger partial charge in [0.25, 0.3) is 0 Å². The molecule has 0 bridgehead atoms. The van der Waals surface area contributed by atoms with Gasteiger partial charge in [-0.2, -0.15) is 5.26 Å². The molecule has 3 heterocycles. The van der Waals surface area contributed by atoms with Gasteiger partial charge in [-0.25, -0.2) is 0 Å². The SMILES string of the molecule is N#Cc1cc(-c2ccnc3c2C=C(C2=CCNC2)C3)ccc1OC1CCOCC1. The van der Waals surface area contributed by atoms with Crippen molar-refractivity contribution >= 4 is 6.08 Å². The highest BCUT2D eigenvalue weighted by molar-refractivity contribution is 5.82. The summed E-state index contributed by atoms with van der Waals surface area (Å²) >= 11 is 0. The minimum atomic E-state index is 0.116. The second-order valence-corrected chi connectivity index (χ2v) is 7.68. The summed E-state index contributed by atoms with van der Waals surface area (Å²) in [5.74, 6) is 0.660. The van der Waals surface area contributed by atoms with Crippen molar-refractivity contribution in [2.24, 2.45) is 0 Å². The Hall–Kier alpha value is -2.94. The van der Waals surface area contributed by atoms with Gasteiger partial charge in [-0.1, -0.05) is 12.1 Å². The van der Waals surface area contributed by atoms with Crippen LogP contribution < -0.4 is 10.1 Å². The summed E-state index contributed by atoms with van der Waals surface area (Å²) in [7, 11) is 0. The molecule has 0 saturated carbocycles. The first-order valence-corrected chi connectivity index (χ1v) is 10.2. The molecule has 1 N–H and O–H groups in total. The van der Waals surface area contributed by atoms with Crippen LogP contribution in [0.2, 0.25) is 0 Å². The van der Waals surface area contributed by atoms with Crippen molar-refractivity contribution in [1.29, 1.82) is 5.26 Å². The van der Waals surface area contributed by atoms with Crippen LogP contribution in [0.5, 0.6) is 5.75 Å². The summed E-state index contributed by atoms with van der Waals surface area (Å²) in [6, 6.07) is 10.3. The van der Waals surface area contributed by atoms with E-state index in [9.17, 15) is 5.26 Å². The number of aromatic nitrogens is 1. The molecule has 5 nitrogen and oxygen atoms in total. The fraction of sp³-hybridized carbons (Fsp3) is 0.333. The lowest BCUT2D eigenvalue weighted by Crippen LogP contribution is -2.26. The average Bonchev–Trinajstić information content (AvgIpc) is 3.44. The van der Waals surface area contributed by atoms with Crippen LogP contribution in [0.25, 0.3) is 17.2 Å². The van der Waals surface area contributed by atoms with E-state index in [1.165, 1.54) is 11.1 Å². The molecule has 1 aromatic carbocycles. The second-order valence-electron chi connectivity index (χ2n) is 7.68. The number of fused-ring (bicyclic) bond motifs is 1. The molecule has 29 heavy (non-hydrogen) atoms. The topological polar surface area (TPSA) is 67.2 Å². The Balaban J connectivity index is 1.46. The van der Waals surface area contributed by atoms with Crippen molar-refractivity contribution in [3.05, 3.63) is 64.5 Å². The van der Waals surface area contributed by atoms with Crippen LogP contribution in [0.3, 0.4) is 0 Å². The van der Waals surface area contributed by atoms with E-state index in [1.807, 2.05) is 30.5 Å². The highest BCUT2D eigenvalue weighted by Gasteiger charge is 2.22. The summed E-state index contributed by atoms with van der Waals surface area (Å²) in [6.07, 6.45) is 9.09. The van der Waals surface area contributed by atoms with Gasteiger partial charge in [0.15, 0.2) is 0 Å². The third kappa shape index (κ3) is 3.57. The van der Waals surface area contributed by atoms with Gasteiger partial charge in [0, 0.05) is 44.1 Å². The normalized spacial score (nSPS) is 18.7. The first-order valence-electron chi connectivity index (χ1n) is 10.2. The number of hydrogen-bond donors (Lipinski definition) is 1. The highest BCUT2D eigenvalue weighted by Crippen LogP contribution is 2.37. The molecule has 1 aliphatic carbocycles. The van der Waals surface area contributed by atoms with E-state index in [4.69, 9.17) is 9.47 Å².